The molecule has 8 heteroatoms. The van der Waals surface area contributed by atoms with Gasteiger partial charge in [-0.05, 0) is 73.2 Å². The normalized spacial score (nSPS) is 11.0. The second-order valence-electron chi connectivity index (χ2n) is 6.83. The van der Waals surface area contributed by atoms with Crippen molar-refractivity contribution in [1.82, 2.24) is 0 Å². The Morgan fingerprint density at radius 1 is 0.871 bits per heavy atom. The van der Waals surface area contributed by atoms with Crippen LogP contribution in [0.15, 0.2) is 71.6 Å². The number of methoxy groups -OCH3 is 2. The van der Waals surface area contributed by atoms with E-state index < -0.39 is 10.0 Å². The van der Waals surface area contributed by atoms with Gasteiger partial charge in [0.25, 0.3) is 15.9 Å². The van der Waals surface area contributed by atoms with Gasteiger partial charge in [0.1, 0.15) is 11.5 Å². The van der Waals surface area contributed by atoms with Crippen LogP contribution in [0, 0.1) is 6.92 Å². The van der Waals surface area contributed by atoms with E-state index in [-0.39, 0.29) is 10.8 Å². The van der Waals surface area contributed by atoms with Gasteiger partial charge in [-0.2, -0.15) is 0 Å². The first-order chi connectivity index (χ1) is 14.8. The number of aryl methyl sites for hydroxylation is 1. The molecule has 0 aliphatic rings. The van der Waals surface area contributed by atoms with Gasteiger partial charge in [-0.1, -0.05) is 6.07 Å². The summed E-state index contributed by atoms with van der Waals surface area (Å²) >= 11 is 0. The van der Waals surface area contributed by atoms with Crippen LogP contribution in [0.25, 0.3) is 0 Å². The Morgan fingerprint density at radius 3 is 1.97 bits per heavy atom. The van der Waals surface area contributed by atoms with Gasteiger partial charge in [0.15, 0.2) is 0 Å². The quantitative estimate of drug-likeness (QED) is 0.598. The molecular formula is C23H24N2O5S. The fourth-order valence-electron chi connectivity index (χ4n) is 3.00. The second-order valence-corrected chi connectivity index (χ2v) is 8.80. The zero-order valence-corrected chi connectivity index (χ0v) is 18.6. The lowest BCUT2D eigenvalue weighted by Crippen LogP contribution is -2.27. The van der Waals surface area contributed by atoms with Crippen molar-refractivity contribution in [2.45, 2.75) is 11.8 Å². The highest BCUT2D eigenvalue weighted by molar-refractivity contribution is 7.92. The number of nitrogens with zero attached hydrogens (tertiary/aromatic N) is 1. The van der Waals surface area contributed by atoms with Gasteiger partial charge in [-0.25, -0.2) is 8.42 Å². The number of ether oxygens (including phenoxy) is 2. The number of hydrogen-bond acceptors (Lipinski definition) is 5. The van der Waals surface area contributed by atoms with Crippen molar-refractivity contribution in [1.29, 1.82) is 0 Å². The Morgan fingerprint density at radius 2 is 1.42 bits per heavy atom. The highest BCUT2D eigenvalue weighted by Crippen LogP contribution is 2.28. The van der Waals surface area contributed by atoms with Gasteiger partial charge in [0.05, 0.1) is 24.8 Å². The molecule has 3 aromatic rings. The van der Waals surface area contributed by atoms with Crippen molar-refractivity contribution in [2.24, 2.45) is 0 Å². The summed E-state index contributed by atoms with van der Waals surface area (Å²) in [6.45, 7) is 1.79. The van der Waals surface area contributed by atoms with E-state index in [1.807, 2.05) is 0 Å². The van der Waals surface area contributed by atoms with Crippen LogP contribution in [0.1, 0.15) is 15.9 Å². The molecule has 0 spiro atoms. The van der Waals surface area contributed by atoms with E-state index in [0.29, 0.717) is 28.4 Å². The fourth-order valence-corrected chi connectivity index (χ4v) is 4.25. The predicted molar refractivity (Wildman–Crippen MR) is 121 cm³/mol. The van der Waals surface area contributed by atoms with E-state index in [0.717, 1.165) is 5.56 Å². The largest absolute Gasteiger partial charge is 0.497 e. The van der Waals surface area contributed by atoms with Crippen LogP contribution in [0.3, 0.4) is 0 Å². The number of anilines is 2. The van der Waals surface area contributed by atoms with Crippen LogP contribution >= 0.6 is 0 Å². The highest BCUT2D eigenvalue weighted by Gasteiger charge is 2.23. The molecule has 0 aliphatic carbocycles. The van der Waals surface area contributed by atoms with Crippen molar-refractivity contribution in [3.63, 3.8) is 0 Å². The summed E-state index contributed by atoms with van der Waals surface area (Å²) in [7, 11) is 0.732. The molecule has 3 rings (SSSR count). The molecule has 0 unspecified atom stereocenters. The molecule has 0 heterocycles. The summed E-state index contributed by atoms with van der Waals surface area (Å²) in [6.07, 6.45) is 0. The molecular weight excluding hydrogens is 416 g/mol. The SMILES string of the molecule is COc1ccc(NC(=O)c2ccc(C)c(N(C)S(=O)(=O)c3ccc(OC)cc3)c2)cc1. The maximum atomic E-state index is 13.1. The number of rotatable bonds is 7. The minimum atomic E-state index is -3.82. The minimum Gasteiger partial charge on any atom is -0.497 e. The Bertz CT molecular complexity index is 1170. The average Bonchev–Trinajstić information content (AvgIpc) is 2.79. The third kappa shape index (κ3) is 4.80. The zero-order chi connectivity index (χ0) is 22.6. The van der Waals surface area contributed by atoms with Crippen LogP contribution in [-0.2, 0) is 10.0 Å². The molecule has 0 atom stereocenters. The maximum absolute atomic E-state index is 13.1. The van der Waals surface area contributed by atoms with Crippen LogP contribution < -0.4 is 19.1 Å². The summed E-state index contributed by atoms with van der Waals surface area (Å²) < 4.78 is 37.6. The number of carbonyl (C=O) groups excluding carboxylic acids is 1. The maximum Gasteiger partial charge on any atom is 0.264 e. The molecule has 31 heavy (non-hydrogen) atoms. The fraction of sp³-hybridized carbons (Fsp3) is 0.174. The third-order valence-corrected chi connectivity index (χ3v) is 6.66. The number of benzene rings is 3. The predicted octanol–water partition coefficient (Wildman–Crippen LogP) is 4.09. The van der Waals surface area contributed by atoms with E-state index in [2.05, 4.69) is 5.32 Å². The van der Waals surface area contributed by atoms with Crippen LogP contribution in [0.5, 0.6) is 11.5 Å². The van der Waals surface area contributed by atoms with Gasteiger partial charge < -0.3 is 14.8 Å². The van der Waals surface area contributed by atoms with Crippen molar-refractivity contribution in [3.05, 3.63) is 77.9 Å². The Hall–Kier alpha value is -3.52. The summed E-state index contributed by atoms with van der Waals surface area (Å²) in [5, 5.41) is 2.80. The smallest absolute Gasteiger partial charge is 0.264 e. The molecule has 1 amide bonds. The molecule has 0 fully saturated rings. The van der Waals surface area contributed by atoms with Gasteiger partial charge in [-0.15, -0.1) is 0 Å². The number of amides is 1. The van der Waals surface area contributed by atoms with Crippen molar-refractivity contribution >= 4 is 27.3 Å². The number of nitrogens with one attached hydrogen (secondary N) is 1. The van der Waals surface area contributed by atoms with Crippen molar-refractivity contribution in [3.8, 4) is 11.5 Å². The summed E-state index contributed by atoms with van der Waals surface area (Å²) in [5.41, 5.74) is 2.08. The molecule has 162 valence electrons. The molecule has 7 nitrogen and oxygen atoms in total. The van der Waals surface area contributed by atoms with E-state index >= 15 is 0 Å². The first-order valence-corrected chi connectivity index (χ1v) is 10.9. The van der Waals surface area contributed by atoms with E-state index in [1.54, 1.807) is 68.6 Å². The first-order valence-electron chi connectivity index (χ1n) is 9.45. The van der Waals surface area contributed by atoms with Crippen molar-refractivity contribution in [2.75, 3.05) is 30.9 Å². The summed E-state index contributed by atoms with van der Waals surface area (Å²) in [4.78, 5) is 12.8. The van der Waals surface area contributed by atoms with Crippen molar-refractivity contribution < 1.29 is 22.7 Å². The lowest BCUT2D eigenvalue weighted by molar-refractivity contribution is 0.102. The topological polar surface area (TPSA) is 84.9 Å². The van der Waals surface area contributed by atoms with E-state index in [9.17, 15) is 13.2 Å². The Balaban J connectivity index is 1.87. The average molecular weight is 441 g/mol. The monoisotopic (exact) mass is 440 g/mol. The van der Waals surface area contributed by atoms with Crippen LogP contribution in [-0.4, -0.2) is 35.6 Å². The molecule has 0 aliphatic heterocycles. The molecule has 3 aromatic carbocycles. The first kappa shape index (κ1) is 22.2. The molecule has 0 bridgehead atoms. The Kier molecular flexibility index (Phi) is 6.50. The van der Waals surface area contributed by atoms with Gasteiger partial charge >= 0.3 is 0 Å². The zero-order valence-electron chi connectivity index (χ0n) is 17.7. The molecule has 0 radical (unpaired) electrons. The number of sulfonamides is 1. The van der Waals surface area contributed by atoms with Gasteiger partial charge in [0.2, 0.25) is 0 Å². The highest BCUT2D eigenvalue weighted by atomic mass is 32.2. The van der Waals surface area contributed by atoms with E-state index in [1.165, 1.54) is 30.6 Å². The summed E-state index contributed by atoms with van der Waals surface area (Å²) in [6, 6.07) is 18.0. The van der Waals surface area contributed by atoms with Crippen LogP contribution in [0.4, 0.5) is 11.4 Å². The lowest BCUT2D eigenvalue weighted by Gasteiger charge is -2.22. The van der Waals surface area contributed by atoms with E-state index in [4.69, 9.17) is 9.47 Å². The molecule has 0 aromatic heterocycles. The van der Waals surface area contributed by atoms with Gasteiger partial charge in [0, 0.05) is 18.3 Å². The second kappa shape index (κ2) is 9.09. The molecule has 1 N–H and O–H groups in total. The van der Waals surface area contributed by atoms with Gasteiger partial charge in [-0.3, -0.25) is 9.10 Å². The summed E-state index contributed by atoms with van der Waals surface area (Å²) in [5.74, 6) is 0.901. The Labute approximate surface area is 182 Å². The third-order valence-electron chi connectivity index (χ3n) is 4.88. The number of carbonyl (C=O) groups is 1. The standard InChI is InChI=1S/C23H24N2O5S/c1-16-5-6-17(23(26)24-18-7-9-19(29-3)10-8-18)15-22(16)25(2)31(27,28)21-13-11-20(30-4)12-14-21/h5-15H,1-4H3,(H,24,26). The molecule has 0 saturated heterocycles. The molecule has 0 saturated carbocycles. The number of hydrogen-bond donors (Lipinski definition) is 1. The lowest BCUT2D eigenvalue weighted by atomic mass is 10.1. The minimum absolute atomic E-state index is 0.128. The van der Waals surface area contributed by atoms with Crippen LogP contribution in [0.2, 0.25) is 0 Å².